The molecular formula is C13H19N3O. The fraction of sp³-hybridized carbons (Fsp3) is 0.538. The van der Waals surface area contributed by atoms with Crippen LogP contribution in [0.5, 0.6) is 0 Å². The van der Waals surface area contributed by atoms with E-state index < -0.39 is 0 Å². The van der Waals surface area contributed by atoms with Gasteiger partial charge in [-0.2, -0.15) is 0 Å². The van der Waals surface area contributed by atoms with Gasteiger partial charge in [-0.15, -0.1) is 0 Å². The number of hydrogen-bond donors (Lipinski definition) is 2. The molecule has 1 amide bonds. The molecule has 4 heteroatoms. The van der Waals surface area contributed by atoms with E-state index in [1.807, 2.05) is 13.0 Å². The molecule has 0 spiro atoms. The average Bonchev–Trinajstić information content (AvgIpc) is 2.37. The second-order valence-electron chi connectivity index (χ2n) is 4.59. The second kappa shape index (κ2) is 5.77. The van der Waals surface area contributed by atoms with Crippen LogP contribution in [0.4, 0.5) is 0 Å². The van der Waals surface area contributed by atoms with Gasteiger partial charge in [-0.25, -0.2) is 0 Å². The third-order valence-corrected chi connectivity index (χ3v) is 3.17. The molecule has 1 aromatic rings. The van der Waals surface area contributed by atoms with E-state index in [2.05, 4.69) is 15.6 Å². The Balaban J connectivity index is 1.84. The van der Waals surface area contributed by atoms with Crippen molar-refractivity contribution in [2.45, 2.75) is 19.8 Å². The Kier molecular flexibility index (Phi) is 4.09. The van der Waals surface area contributed by atoms with Crippen LogP contribution in [0.3, 0.4) is 0 Å². The number of amides is 1. The molecule has 0 atom stereocenters. The molecule has 1 aromatic heterocycles. The summed E-state index contributed by atoms with van der Waals surface area (Å²) in [6, 6.07) is 3.57. The SMILES string of the molecule is Cc1cc(C(=O)NCC2CCNCC2)ccn1. The average molecular weight is 233 g/mol. The number of aryl methyl sites for hydroxylation is 1. The summed E-state index contributed by atoms with van der Waals surface area (Å²) in [5, 5.41) is 6.32. The van der Waals surface area contributed by atoms with Crippen LogP contribution >= 0.6 is 0 Å². The maximum absolute atomic E-state index is 11.9. The molecule has 1 fully saturated rings. The van der Waals surface area contributed by atoms with Crippen LogP contribution in [-0.4, -0.2) is 30.5 Å². The fourth-order valence-corrected chi connectivity index (χ4v) is 2.11. The molecule has 1 aliphatic heterocycles. The topological polar surface area (TPSA) is 54.0 Å². The van der Waals surface area contributed by atoms with Crippen molar-refractivity contribution in [1.82, 2.24) is 15.6 Å². The van der Waals surface area contributed by atoms with Gasteiger partial charge in [0, 0.05) is 24.0 Å². The number of nitrogens with zero attached hydrogens (tertiary/aromatic N) is 1. The highest BCUT2D eigenvalue weighted by molar-refractivity contribution is 5.94. The number of rotatable bonds is 3. The van der Waals surface area contributed by atoms with Gasteiger partial charge in [0.2, 0.25) is 0 Å². The van der Waals surface area contributed by atoms with Crippen molar-refractivity contribution in [1.29, 1.82) is 0 Å². The standard InChI is InChI=1S/C13H19N3O/c1-10-8-12(4-7-15-10)13(17)16-9-11-2-5-14-6-3-11/h4,7-8,11,14H,2-3,5-6,9H2,1H3,(H,16,17). The number of carbonyl (C=O) groups is 1. The Morgan fingerprint density at radius 1 is 1.53 bits per heavy atom. The summed E-state index contributed by atoms with van der Waals surface area (Å²) >= 11 is 0. The first-order valence-corrected chi connectivity index (χ1v) is 6.17. The molecule has 1 saturated heterocycles. The summed E-state index contributed by atoms with van der Waals surface area (Å²) in [6.45, 7) is 4.80. The van der Waals surface area contributed by atoms with Gasteiger partial charge in [-0.1, -0.05) is 0 Å². The van der Waals surface area contributed by atoms with Gasteiger partial charge < -0.3 is 10.6 Å². The molecule has 0 unspecified atom stereocenters. The van der Waals surface area contributed by atoms with Gasteiger partial charge in [-0.3, -0.25) is 9.78 Å². The monoisotopic (exact) mass is 233 g/mol. The summed E-state index contributed by atoms with van der Waals surface area (Å²) in [4.78, 5) is 16.0. The van der Waals surface area contributed by atoms with Gasteiger partial charge in [-0.05, 0) is 50.9 Å². The molecule has 2 rings (SSSR count). The van der Waals surface area contributed by atoms with Crippen LogP contribution in [0, 0.1) is 12.8 Å². The van der Waals surface area contributed by atoms with Gasteiger partial charge >= 0.3 is 0 Å². The van der Waals surface area contributed by atoms with E-state index in [-0.39, 0.29) is 5.91 Å². The van der Waals surface area contributed by atoms with Crippen LogP contribution in [0.15, 0.2) is 18.3 Å². The molecule has 0 aliphatic carbocycles. The van der Waals surface area contributed by atoms with E-state index in [1.165, 1.54) is 0 Å². The predicted molar refractivity (Wildman–Crippen MR) is 66.9 cm³/mol. The smallest absolute Gasteiger partial charge is 0.251 e. The van der Waals surface area contributed by atoms with E-state index >= 15 is 0 Å². The van der Waals surface area contributed by atoms with Crippen LogP contribution in [0.2, 0.25) is 0 Å². The number of pyridine rings is 1. The van der Waals surface area contributed by atoms with E-state index in [1.54, 1.807) is 12.3 Å². The van der Waals surface area contributed by atoms with Crippen LogP contribution in [0.25, 0.3) is 0 Å². The molecular weight excluding hydrogens is 214 g/mol. The summed E-state index contributed by atoms with van der Waals surface area (Å²) in [6.07, 6.45) is 3.97. The number of carbonyl (C=O) groups excluding carboxylic acids is 1. The number of piperidine rings is 1. The summed E-state index contributed by atoms with van der Waals surface area (Å²) in [7, 11) is 0. The van der Waals surface area contributed by atoms with Crippen molar-refractivity contribution in [2.24, 2.45) is 5.92 Å². The normalized spacial score (nSPS) is 16.8. The fourth-order valence-electron chi connectivity index (χ4n) is 2.11. The number of nitrogens with one attached hydrogen (secondary N) is 2. The lowest BCUT2D eigenvalue weighted by molar-refractivity contribution is 0.0944. The Morgan fingerprint density at radius 3 is 3.00 bits per heavy atom. The lowest BCUT2D eigenvalue weighted by Crippen LogP contribution is -2.36. The quantitative estimate of drug-likeness (QED) is 0.822. The van der Waals surface area contributed by atoms with E-state index in [0.29, 0.717) is 11.5 Å². The van der Waals surface area contributed by atoms with Crippen molar-refractivity contribution in [3.05, 3.63) is 29.6 Å². The predicted octanol–water partition coefficient (Wildman–Crippen LogP) is 1.12. The molecule has 17 heavy (non-hydrogen) atoms. The van der Waals surface area contributed by atoms with Crippen molar-refractivity contribution >= 4 is 5.91 Å². The third kappa shape index (κ3) is 3.53. The van der Waals surface area contributed by atoms with Crippen molar-refractivity contribution in [3.8, 4) is 0 Å². The molecule has 0 bridgehead atoms. The minimum Gasteiger partial charge on any atom is -0.352 e. The zero-order chi connectivity index (χ0) is 12.1. The second-order valence-corrected chi connectivity index (χ2v) is 4.59. The Morgan fingerprint density at radius 2 is 2.29 bits per heavy atom. The molecule has 2 N–H and O–H groups in total. The van der Waals surface area contributed by atoms with Crippen LogP contribution in [0.1, 0.15) is 28.9 Å². The van der Waals surface area contributed by atoms with Gasteiger partial charge in [0.25, 0.3) is 5.91 Å². The molecule has 92 valence electrons. The first kappa shape index (κ1) is 12.0. The first-order chi connectivity index (χ1) is 8.25. The van der Waals surface area contributed by atoms with Crippen LogP contribution < -0.4 is 10.6 Å². The number of hydrogen-bond acceptors (Lipinski definition) is 3. The maximum atomic E-state index is 11.9. The van der Waals surface area contributed by atoms with Gasteiger partial charge in [0.1, 0.15) is 0 Å². The van der Waals surface area contributed by atoms with Crippen molar-refractivity contribution < 1.29 is 4.79 Å². The molecule has 4 nitrogen and oxygen atoms in total. The molecule has 2 heterocycles. The van der Waals surface area contributed by atoms with E-state index in [4.69, 9.17) is 0 Å². The largest absolute Gasteiger partial charge is 0.352 e. The van der Waals surface area contributed by atoms with Gasteiger partial charge in [0.15, 0.2) is 0 Å². The first-order valence-electron chi connectivity index (χ1n) is 6.17. The van der Waals surface area contributed by atoms with Gasteiger partial charge in [0.05, 0.1) is 0 Å². The molecule has 0 saturated carbocycles. The summed E-state index contributed by atoms with van der Waals surface area (Å²) < 4.78 is 0. The highest BCUT2D eigenvalue weighted by Gasteiger charge is 2.14. The highest BCUT2D eigenvalue weighted by Crippen LogP contribution is 2.10. The maximum Gasteiger partial charge on any atom is 0.251 e. The summed E-state index contributed by atoms with van der Waals surface area (Å²) in [5.41, 5.74) is 1.57. The Labute approximate surface area is 102 Å². The Bertz CT molecular complexity index is 386. The van der Waals surface area contributed by atoms with E-state index in [0.717, 1.165) is 38.2 Å². The molecule has 1 aliphatic rings. The third-order valence-electron chi connectivity index (χ3n) is 3.17. The minimum absolute atomic E-state index is 0.00836. The zero-order valence-electron chi connectivity index (χ0n) is 10.2. The minimum atomic E-state index is 0.00836. The Hall–Kier alpha value is -1.42. The highest BCUT2D eigenvalue weighted by atomic mass is 16.1. The molecule has 0 radical (unpaired) electrons. The number of aromatic nitrogens is 1. The lowest BCUT2D eigenvalue weighted by atomic mass is 9.98. The summed E-state index contributed by atoms with van der Waals surface area (Å²) in [5.74, 6) is 0.622. The van der Waals surface area contributed by atoms with Crippen molar-refractivity contribution in [3.63, 3.8) is 0 Å². The van der Waals surface area contributed by atoms with Crippen LogP contribution in [-0.2, 0) is 0 Å². The van der Waals surface area contributed by atoms with E-state index in [9.17, 15) is 4.79 Å². The molecule has 0 aromatic carbocycles. The lowest BCUT2D eigenvalue weighted by Gasteiger charge is -2.22. The zero-order valence-corrected chi connectivity index (χ0v) is 10.2. The van der Waals surface area contributed by atoms with Crippen molar-refractivity contribution in [2.75, 3.05) is 19.6 Å².